The fourth-order valence-electron chi connectivity index (χ4n) is 5.91. The van der Waals surface area contributed by atoms with E-state index in [1.165, 1.54) is 12.8 Å². The van der Waals surface area contributed by atoms with Gasteiger partial charge in [0.1, 0.15) is 0 Å². The number of carbonyl (C=O) groups excluding carboxylic acids is 2. The minimum absolute atomic E-state index is 0.00626. The molecule has 0 aliphatic heterocycles. The lowest BCUT2D eigenvalue weighted by molar-refractivity contribution is -0.124. The average molecular weight is 373 g/mol. The van der Waals surface area contributed by atoms with Crippen LogP contribution < -0.4 is 0 Å². The third-order valence-electron chi connectivity index (χ3n) is 7.23. The number of hydrogen-bond acceptors (Lipinski definition) is 3. The van der Waals surface area contributed by atoms with E-state index in [1.54, 1.807) is 5.57 Å². The highest BCUT2D eigenvalue weighted by atomic mass is 31.0. The third-order valence-corrected chi connectivity index (χ3v) is 7.42. The van der Waals surface area contributed by atoms with Crippen molar-refractivity contribution in [2.45, 2.75) is 65.7 Å². The Labute approximate surface area is 160 Å². The van der Waals surface area contributed by atoms with Gasteiger partial charge >= 0.3 is 7.20 Å². The Bertz CT molecular complexity index is 656. The van der Waals surface area contributed by atoms with Gasteiger partial charge in [0.05, 0.1) is 6.61 Å². The van der Waals surface area contributed by atoms with Gasteiger partial charge in [-0.15, -0.1) is 9.12 Å². The van der Waals surface area contributed by atoms with Crippen LogP contribution in [0.2, 0.25) is 0 Å². The lowest BCUT2D eigenvalue weighted by Gasteiger charge is -2.54. The van der Waals surface area contributed by atoms with E-state index in [0.717, 1.165) is 32.1 Å². The monoisotopic (exact) mass is 373 g/mol. The first-order valence-corrected chi connectivity index (χ1v) is 10.6. The van der Waals surface area contributed by atoms with Crippen molar-refractivity contribution in [1.29, 1.82) is 0 Å². The lowest BCUT2D eigenvalue weighted by Crippen LogP contribution is -2.45. The molecule has 0 aromatic rings. The second-order valence-corrected chi connectivity index (χ2v) is 9.08. The summed E-state index contributed by atoms with van der Waals surface area (Å²) in [5.41, 5.74) is 2.96. The Morgan fingerprint density at radius 3 is 2.85 bits per heavy atom. The number of allylic oxidation sites excluding steroid dienone is 4. The number of Topliss-reactive ketones (excluding diaryl/α,β-unsaturated/α-hetero) is 1. The van der Waals surface area contributed by atoms with Gasteiger partial charge in [-0.05, 0) is 49.0 Å². The molecule has 3 aliphatic rings. The topological polar surface area (TPSA) is 43.4 Å². The van der Waals surface area contributed by atoms with Gasteiger partial charge < -0.3 is 4.65 Å². The van der Waals surface area contributed by atoms with Crippen LogP contribution in [0.5, 0.6) is 0 Å². The van der Waals surface area contributed by atoms with E-state index in [9.17, 15) is 9.59 Å². The minimum atomic E-state index is 0.00626. The molecule has 3 rings (SSSR count). The Morgan fingerprint density at radius 2 is 2.15 bits per heavy atom. The Hall–Kier alpha value is -0.725. The minimum Gasteiger partial charge on any atom is -0.428 e. The molecule has 1 saturated carbocycles. The highest BCUT2D eigenvalue weighted by molar-refractivity contribution is 7.54. The molecule has 141 valence electrons. The quantitative estimate of drug-likeness (QED) is 0.393. The number of ketones is 2. The maximum atomic E-state index is 12.4. The van der Waals surface area contributed by atoms with Gasteiger partial charge in [-0.25, -0.2) is 0 Å². The molecule has 0 spiro atoms. The van der Waals surface area contributed by atoms with E-state index in [0.29, 0.717) is 30.5 Å². The van der Waals surface area contributed by atoms with Gasteiger partial charge in [0.15, 0.2) is 11.6 Å². The number of hydrogen-bond donors (Lipinski definition) is 0. The molecule has 0 bridgehead atoms. The molecule has 26 heavy (non-hydrogen) atoms. The first-order chi connectivity index (χ1) is 12.3. The van der Waals surface area contributed by atoms with Gasteiger partial charge in [0.2, 0.25) is 0 Å². The molecule has 5 heteroatoms. The van der Waals surface area contributed by atoms with Crippen LogP contribution in [0.15, 0.2) is 23.3 Å². The van der Waals surface area contributed by atoms with Crippen LogP contribution in [0, 0.1) is 22.7 Å². The first-order valence-electron chi connectivity index (χ1n) is 9.95. The molecule has 0 amide bonds. The van der Waals surface area contributed by atoms with Gasteiger partial charge in [-0.2, -0.15) is 0 Å². The number of rotatable bonds is 6. The van der Waals surface area contributed by atoms with Gasteiger partial charge in [-0.3, -0.25) is 9.59 Å². The summed E-state index contributed by atoms with van der Waals surface area (Å²) in [6.45, 7) is 7.06. The van der Waals surface area contributed by atoms with Crippen molar-refractivity contribution >= 4 is 27.9 Å². The number of carbonyl (C=O) groups is 2. The molecule has 5 atom stereocenters. The maximum absolute atomic E-state index is 12.4. The molecule has 1 radical (unpaired) electrons. The molecule has 1 fully saturated rings. The second kappa shape index (κ2) is 7.72. The van der Waals surface area contributed by atoms with Crippen LogP contribution in [0.1, 0.15) is 65.7 Å². The first kappa shape index (κ1) is 20.0. The standard InChI is InChI=1S/C21H31BO3P/c1-4-18-17-6-5-14-11-15(23)7-10-21(14,3)19(17)8-9-20(18,2)12-16(24)13-25-22-26/h8,11,17-18H,4-7,9-10,12-13,26H2,1-3H3/t17-,18-,20+,21-/m0/s1. The van der Waals surface area contributed by atoms with Crippen molar-refractivity contribution in [1.82, 2.24) is 0 Å². The average Bonchev–Trinajstić information content (AvgIpc) is 2.60. The molecular weight excluding hydrogens is 342 g/mol. The summed E-state index contributed by atoms with van der Waals surface area (Å²) >= 11 is 0. The fourth-order valence-corrected chi connectivity index (χ4v) is 6.01. The smallest absolute Gasteiger partial charge is 0.318 e. The Morgan fingerprint density at radius 1 is 1.38 bits per heavy atom. The summed E-state index contributed by atoms with van der Waals surface area (Å²) in [4.78, 5) is 24.3. The molecule has 0 aromatic carbocycles. The van der Waals surface area contributed by atoms with Crippen LogP contribution in [-0.2, 0) is 14.2 Å². The normalized spacial score (nSPS) is 36.5. The highest BCUT2D eigenvalue weighted by Gasteiger charge is 2.50. The Balaban J connectivity index is 1.88. The van der Waals surface area contributed by atoms with Crippen LogP contribution in [0.4, 0.5) is 0 Å². The van der Waals surface area contributed by atoms with Crippen molar-refractivity contribution in [2.24, 2.45) is 22.7 Å². The van der Waals surface area contributed by atoms with E-state index in [2.05, 4.69) is 36.0 Å². The van der Waals surface area contributed by atoms with E-state index < -0.39 is 0 Å². The third kappa shape index (κ3) is 3.52. The van der Waals surface area contributed by atoms with Gasteiger partial charge in [0, 0.05) is 18.3 Å². The molecule has 1 unspecified atom stereocenters. The fraction of sp³-hybridized carbons (Fsp3) is 0.714. The van der Waals surface area contributed by atoms with E-state index >= 15 is 0 Å². The van der Waals surface area contributed by atoms with Crippen LogP contribution >= 0.6 is 9.12 Å². The molecule has 3 nitrogen and oxygen atoms in total. The van der Waals surface area contributed by atoms with Crippen LogP contribution in [0.25, 0.3) is 0 Å². The largest absolute Gasteiger partial charge is 0.428 e. The molecule has 3 aliphatic carbocycles. The van der Waals surface area contributed by atoms with Gasteiger partial charge in [-0.1, -0.05) is 44.4 Å². The van der Waals surface area contributed by atoms with E-state index in [-0.39, 0.29) is 23.2 Å². The lowest BCUT2D eigenvalue weighted by atomic mass is 9.50. The second-order valence-electron chi connectivity index (χ2n) is 8.81. The molecule has 0 heterocycles. The van der Waals surface area contributed by atoms with Crippen LogP contribution in [0.3, 0.4) is 0 Å². The molecule has 0 aromatic heterocycles. The SMILES string of the molecule is CC[C@H]1[C@@H]2CCC3=CC(=O)CC[C@]3(C)C2=CC[C@]1(C)CC(=O)CO[B]P. The zero-order chi connectivity index (χ0) is 18.9. The van der Waals surface area contributed by atoms with Crippen LogP contribution in [-0.4, -0.2) is 25.4 Å². The molecule has 0 saturated heterocycles. The zero-order valence-electron chi connectivity index (χ0n) is 16.3. The maximum Gasteiger partial charge on any atom is 0.318 e. The summed E-state index contributed by atoms with van der Waals surface area (Å²) in [7, 11) is 3.89. The van der Waals surface area contributed by atoms with Crippen molar-refractivity contribution in [3.63, 3.8) is 0 Å². The summed E-state index contributed by atoms with van der Waals surface area (Å²) in [5.74, 6) is 1.53. The van der Waals surface area contributed by atoms with Gasteiger partial charge in [0.25, 0.3) is 0 Å². The number of fused-ring (bicyclic) bond motifs is 3. The Kier molecular flexibility index (Phi) is 5.94. The highest BCUT2D eigenvalue weighted by Crippen LogP contribution is 2.60. The zero-order valence-corrected chi connectivity index (χ0v) is 17.5. The summed E-state index contributed by atoms with van der Waals surface area (Å²) in [6, 6.07) is 0. The molecular formula is C21H31BO3P. The summed E-state index contributed by atoms with van der Waals surface area (Å²) in [5, 5.41) is 0. The summed E-state index contributed by atoms with van der Waals surface area (Å²) < 4.78 is 5.19. The molecule has 0 N–H and O–H groups in total. The summed E-state index contributed by atoms with van der Waals surface area (Å²) in [6.07, 6.45) is 10.7. The van der Waals surface area contributed by atoms with Crippen molar-refractivity contribution in [3.05, 3.63) is 23.3 Å². The van der Waals surface area contributed by atoms with Crippen molar-refractivity contribution in [3.8, 4) is 0 Å². The van der Waals surface area contributed by atoms with E-state index in [1.807, 2.05) is 6.08 Å². The van der Waals surface area contributed by atoms with E-state index in [4.69, 9.17) is 4.65 Å². The predicted molar refractivity (Wildman–Crippen MR) is 109 cm³/mol. The van der Waals surface area contributed by atoms with Crippen molar-refractivity contribution in [2.75, 3.05) is 6.61 Å². The predicted octanol–water partition coefficient (Wildman–Crippen LogP) is 4.44. The van der Waals surface area contributed by atoms with Crippen molar-refractivity contribution < 1.29 is 14.2 Å².